The molecule has 4 rings (SSSR count). The van der Waals surface area contributed by atoms with E-state index in [4.69, 9.17) is 16.0 Å². The Morgan fingerprint density at radius 1 is 1.21 bits per heavy atom. The van der Waals surface area contributed by atoms with Crippen molar-refractivity contribution < 1.29 is 14.0 Å². The Bertz CT molecular complexity index is 855. The van der Waals surface area contributed by atoms with Crippen LogP contribution in [-0.4, -0.2) is 42.6 Å². The van der Waals surface area contributed by atoms with E-state index in [-0.39, 0.29) is 18.1 Å². The van der Waals surface area contributed by atoms with Crippen LogP contribution in [0.3, 0.4) is 0 Å². The first-order valence-corrected chi connectivity index (χ1v) is 9.89. The number of anilines is 1. The summed E-state index contributed by atoms with van der Waals surface area (Å²) in [4.78, 5) is 28.7. The highest BCUT2D eigenvalue weighted by Crippen LogP contribution is 2.30. The zero-order valence-corrected chi connectivity index (χ0v) is 16.2. The van der Waals surface area contributed by atoms with Crippen LogP contribution in [0.2, 0.25) is 5.02 Å². The summed E-state index contributed by atoms with van der Waals surface area (Å²) in [5.74, 6) is 0.711. The van der Waals surface area contributed by atoms with Crippen molar-refractivity contribution in [2.24, 2.45) is 0 Å². The average Bonchev–Trinajstić information content (AvgIpc) is 3.35. The Morgan fingerprint density at radius 3 is 2.93 bits per heavy atom. The van der Waals surface area contributed by atoms with E-state index in [9.17, 15) is 9.59 Å². The molecule has 1 aromatic carbocycles. The molecule has 0 radical (unpaired) electrons. The maximum atomic E-state index is 12.8. The van der Waals surface area contributed by atoms with Crippen LogP contribution in [0.4, 0.5) is 15.3 Å². The number of carbonyl (C=O) groups excluding carboxylic acids is 2. The first kappa shape index (κ1) is 18.7. The fourth-order valence-electron chi connectivity index (χ4n) is 3.80. The molecule has 0 saturated carbocycles. The van der Waals surface area contributed by atoms with E-state index in [0.717, 1.165) is 30.5 Å². The standard InChI is InChI=1S/C20H23ClN4O3/c21-15-5-6-18-14(11-15)7-9-25(18)20(27)23-16-3-1-8-24(13-16)19(26)22-12-17-4-2-10-28-17/h2,4-6,10-11,16H,1,3,7-9,12-13H2,(H,22,26)(H,23,27). The van der Waals surface area contributed by atoms with Gasteiger partial charge >= 0.3 is 12.1 Å². The van der Waals surface area contributed by atoms with Crippen LogP contribution in [0.25, 0.3) is 0 Å². The van der Waals surface area contributed by atoms with E-state index in [0.29, 0.717) is 37.0 Å². The molecule has 2 aliphatic rings. The van der Waals surface area contributed by atoms with Crippen molar-refractivity contribution in [3.8, 4) is 0 Å². The van der Waals surface area contributed by atoms with Crippen molar-refractivity contribution >= 4 is 29.4 Å². The fraction of sp³-hybridized carbons (Fsp3) is 0.400. The summed E-state index contributed by atoms with van der Waals surface area (Å²) in [5.41, 5.74) is 2.00. The van der Waals surface area contributed by atoms with Crippen LogP contribution in [-0.2, 0) is 13.0 Å². The number of piperidine rings is 1. The third-order valence-corrected chi connectivity index (χ3v) is 5.45. The molecule has 2 N–H and O–H groups in total. The molecule has 0 aliphatic carbocycles. The Hall–Kier alpha value is -2.67. The number of halogens is 1. The SMILES string of the molecule is O=C(NCc1ccco1)N1CCCC(NC(=O)N2CCc3cc(Cl)ccc32)C1. The van der Waals surface area contributed by atoms with E-state index < -0.39 is 0 Å². The van der Waals surface area contributed by atoms with Gasteiger partial charge in [-0.1, -0.05) is 11.6 Å². The highest BCUT2D eigenvalue weighted by atomic mass is 35.5. The molecule has 2 aromatic rings. The van der Waals surface area contributed by atoms with Gasteiger partial charge in [-0.2, -0.15) is 0 Å². The van der Waals surface area contributed by atoms with Crippen LogP contribution < -0.4 is 15.5 Å². The van der Waals surface area contributed by atoms with Gasteiger partial charge in [-0.15, -0.1) is 0 Å². The minimum absolute atomic E-state index is 0.0630. The number of hydrogen-bond donors (Lipinski definition) is 2. The van der Waals surface area contributed by atoms with Crippen LogP contribution in [0.1, 0.15) is 24.2 Å². The van der Waals surface area contributed by atoms with Gasteiger partial charge in [0.05, 0.1) is 12.8 Å². The molecular weight excluding hydrogens is 380 g/mol. The maximum Gasteiger partial charge on any atom is 0.322 e. The van der Waals surface area contributed by atoms with Gasteiger partial charge in [-0.25, -0.2) is 9.59 Å². The van der Waals surface area contributed by atoms with Crippen molar-refractivity contribution in [1.82, 2.24) is 15.5 Å². The quantitative estimate of drug-likeness (QED) is 0.826. The molecule has 28 heavy (non-hydrogen) atoms. The van der Waals surface area contributed by atoms with Gasteiger partial charge in [0, 0.05) is 36.4 Å². The van der Waals surface area contributed by atoms with E-state index in [2.05, 4.69) is 10.6 Å². The van der Waals surface area contributed by atoms with Crippen LogP contribution >= 0.6 is 11.6 Å². The van der Waals surface area contributed by atoms with Gasteiger partial charge in [0.15, 0.2) is 0 Å². The molecule has 1 aromatic heterocycles. The number of benzene rings is 1. The number of nitrogens with one attached hydrogen (secondary N) is 2. The number of furan rings is 1. The third kappa shape index (κ3) is 4.09. The molecule has 1 fully saturated rings. The summed E-state index contributed by atoms with van der Waals surface area (Å²) in [7, 11) is 0. The minimum atomic E-state index is -0.142. The number of carbonyl (C=O) groups is 2. The topological polar surface area (TPSA) is 77.8 Å². The zero-order valence-electron chi connectivity index (χ0n) is 15.5. The van der Waals surface area contributed by atoms with Gasteiger partial charge in [-0.05, 0) is 55.2 Å². The molecule has 1 unspecified atom stereocenters. The van der Waals surface area contributed by atoms with Crippen molar-refractivity contribution in [1.29, 1.82) is 0 Å². The van der Waals surface area contributed by atoms with E-state index in [1.54, 1.807) is 28.2 Å². The lowest BCUT2D eigenvalue weighted by molar-refractivity contribution is 0.171. The van der Waals surface area contributed by atoms with Gasteiger partial charge in [0.25, 0.3) is 0 Å². The van der Waals surface area contributed by atoms with Gasteiger partial charge in [0.1, 0.15) is 5.76 Å². The first-order chi connectivity index (χ1) is 13.6. The van der Waals surface area contributed by atoms with Crippen molar-refractivity contribution in [3.63, 3.8) is 0 Å². The second-order valence-electron chi connectivity index (χ2n) is 7.15. The average molecular weight is 403 g/mol. The Labute approximate surface area is 168 Å². The summed E-state index contributed by atoms with van der Waals surface area (Å²) < 4.78 is 5.23. The normalized spacial score (nSPS) is 18.7. The summed E-state index contributed by atoms with van der Waals surface area (Å²) >= 11 is 6.04. The van der Waals surface area contributed by atoms with Crippen molar-refractivity contribution in [2.75, 3.05) is 24.5 Å². The van der Waals surface area contributed by atoms with Crippen LogP contribution in [0.15, 0.2) is 41.0 Å². The predicted molar refractivity (Wildman–Crippen MR) is 107 cm³/mol. The second-order valence-corrected chi connectivity index (χ2v) is 7.58. The molecule has 7 nitrogen and oxygen atoms in total. The summed E-state index contributed by atoms with van der Waals surface area (Å²) in [6.45, 7) is 2.17. The number of fused-ring (bicyclic) bond motifs is 1. The smallest absolute Gasteiger partial charge is 0.322 e. The Morgan fingerprint density at radius 2 is 2.11 bits per heavy atom. The predicted octanol–water partition coefficient (Wildman–Crippen LogP) is 3.38. The first-order valence-electron chi connectivity index (χ1n) is 9.52. The van der Waals surface area contributed by atoms with Crippen molar-refractivity contribution in [2.45, 2.75) is 31.8 Å². The molecule has 0 bridgehead atoms. The van der Waals surface area contributed by atoms with E-state index in [1.807, 2.05) is 18.2 Å². The molecule has 8 heteroatoms. The highest BCUT2D eigenvalue weighted by Gasteiger charge is 2.29. The Kier molecular flexibility index (Phi) is 5.43. The summed E-state index contributed by atoms with van der Waals surface area (Å²) in [6, 6.07) is 8.89. The molecule has 3 heterocycles. The van der Waals surface area contributed by atoms with Gasteiger partial charge in [0.2, 0.25) is 0 Å². The third-order valence-electron chi connectivity index (χ3n) is 5.21. The molecule has 4 amide bonds. The highest BCUT2D eigenvalue weighted by molar-refractivity contribution is 6.30. The number of nitrogens with zero attached hydrogens (tertiary/aromatic N) is 2. The summed E-state index contributed by atoms with van der Waals surface area (Å²) in [6.07, 6.45) is 4.09. The molecule has 2 aliphatic heterocycles. The lowest BCUT2D eigenvalue weighted by Gasteiger charge is -2.34. The second kappa shape index (κ2) is 8.14. The van der Waals surface area contributed by atoms with Gasteiger partial charge < -0.3 is 20.0 Å². The largest absolute Gasteiger partial charge is 0.467 e. The molecule has 1 atom stereocenters. The van der Waals surface area contributed by atoms with E-state index >= 15 is 0 Å². The number of hydrogen-bond acceptors (Lipinski definition) is 3. The zero-order chi connectivity index (χ0) is 19.5. The van der Waals surface area contributed by atoms with Crippen molar-refractivity contribution in [3.05, 3.63) is 52.9 Å². The van der Waals surface area contributed by atoms with E-state index in [1.165, 1.54) is 0 Å². The monoisotopic (exact) mass is 402 g/mol. The number of likely N-dealkylation sites (tertiary alicyclic amines) is 1. The molecule has 148 valence electrons. The lowest BCUT2D eigenvalue weighted by Crippen LogP contribution is -2.54. The summed E-state index contributed by atoms with van der Waals surface area (Å²) in [5, 5.41) is 6.63. The number of rotatable bonds is 3. The van der Waals surface area contributed by atoms with Crippen LogP contribution in [0, 0.1) is 0 Å². The van der Waals surface area contributed by atoms with Gasteiger partial charge in [-0.3, -0.25) is 4.90 Å². The lowest BCUT2D eigenvalue weighted by atomic mass is 10.1. The molecule has 1 saturated heterocycles. The van der Waals surface area contributed by atoms with Crippen LogP contribution in [0.5, 0.6) is 0 Å². The molecular formula is C20H23ClN4O3. The Balaban J connectivity index is 1.31. The minimum Gasteiger partial charge on any atom is -0.467 e. The maximum absolute atomic E-state index is 12.8. The molecule has 0 spiro atoms. The number of amides is 4. The fourth-order valence-corrected chi connectivity index (χ4v) is 4.00. The number of urea groups is 2.